The van der Waals surface area contributed by atoms with E-state index in [0.717, 1.165) is 38.4 Å². The van der Waals surface area contributed by atoms with Gasteiger partial charge in [-0.3, -0.25) is 0 Å². The minimum absolute atomic E-state index is 0.844. The van der Waals surface area contributed by atoms with Crippen LogP contribution in [0.3, 0.4) is 0 Å². The molecule has 0 radical (unpaired) electrons. The summed E-state index contributed by atoms with van der Waals surface area (Å²) in [7, 11) is 0. The van der Waals surface area contributed by atoms with E-state index in [1.54, 1.807) is 0 Å². The molecule has 0 amide bonds. The fourth-order valence-electron chi connectivity index (χ4n) is 2.81. The highest BCUT2D eigenvalue weighted by molar-refractivity contribution is 5.84. The van der Waals surface area contributed by atoms with Gasteiger partial charge in [-0.2, -0.15) is 0 Å². The summed E-state index contributed by atoms with van der Waals surface area (Å²) in [5.74, 6) is 1.09. The summed E-state index contributed by atoms with van der Waals surface area (Å²) in [5, 5.41) is 4.73. The molecule has 0 bridgehead atoms. The fraction of sp³-hybridized carbons (Fsp3) is 0.385. The van der Waals surface area contributed by atoms with Crippen LogP contribution >= 0.6 is 0 Å². The number of nitrogens with zero attached hydrogens (tertiary/aromatic N) is 1. The molecule has 2 aliphatic heterocycles. The molecule has 0 saturated heterocycles. The molecule has 0 spiro atoms. The molecule has 3 nitrogen and oxygen atoms in total. The molecule has 2 aliphatic rings. The van der Waals surface area contributed by atoms with E-state index in [1.165, 1.54) is 22.2 Å². The van der Waals surface area contributed by atoms with Crippen molar-refractivity contribution in [3.63, 3.8) is 0 Å². The summed E-state index contributed by atoms with van der Waals surface area (Å²) in [5.41, 5.74) is 4.14. The summed E-state index contributed by atoms with van der Waals surface area (Å²) in [6.07, 6.45) is 1.06. The second-order valence-corrected chi connectivity index (χ2v) is 4.58. The van der Waals surface area contributed by atoms with Crippen molar-refractivity contribution >= 4 is 10.9 Å². The van der Waals surface area contributed by atoms with Gasteiger partial charge in [0, 0.05) is 42.7 Å². The fourth-order valence-corrected chi connectivity index (χ4v) is 2.81. The first-order valence-electron chi connectivity index (χ1n) is 5.90. The van der Waals surface area contributed by atoms with Crippen LogP contribution in [-0.4, -0.2) is 17.7 Å². The van der Waals surface area contributed by atoms with Crippen molar-refractivity contribution in [3.05, 3.63) is 29.5 Å². The maximum absolute atomic E-state index is 5.61. The normalized spacial score (nSPS) is 18.2. The highest BCUT2D eigenvalue weighted by Gasteiger charge is 2.17. The maximum atomic E-state index is 5.61. The largest absolute Gasteiger partial charge is 0.493 e. The van der Waals surface area contributed by atoms with E-state index in [2.05, 4.69) is 28.1 Å². The van der Waals surface area contributed by atoms with Crippen LogP contribution in [-0.2, 0) is 19.5 Å². The predicted molar refractivity (Wildman–Crippen MR) is 62.8 cm³/mol. The van der Waals surface area contributed by atoms with Gasteiger partial charge in [0.15, 0.2) is 0 Å². The number of fused-ring (bicyclic) bond motifs is 4. The highest BCUT2D eigenvalue weighted by atomic mass is 16.5. The summed E-state index contributed by atoms with van der Waals surface area (Å²) >= 11 is 0. The van der Waals surface area contributed by atoms with Gasteiger partial charge in [-0.1, -0.05) is 0 Å². The van der Waals surface area contributed by atoms with Gasteiger partial charge in [0.1, 0.15) is 5.75 Å². The van der Waals surface area contributed by atoms with E-state index in [9.17, 15) is 0 Å². The van der Waals surface area contributed by atoms with E-state index >= 15 is 0 Å². The Bertz CT molecular complexity index is 571. The molecule has 3 heterocycles. The van der Waals surface area contributed by atoms with Gasteiger partial charge in [0.25, 0.3) is 0 Å². The summed E-state index contributed by atoms with van der Waals surface area (Å²) in [6.45, 7) is 3.99. The minimum atomic E-state index is 0.844. The summed E-state index contributed by atoms with van der Waals surface area (Å²) < 4.78 is 8.05. The Hall–Kier alpha value is -1.48. The first-order chi connectivity index (χ1) is 7.92. The molecule has 3 heteroatoms. The molecule has 4 rings (SSSR count). The molecule has 0 saturated carbocycles. The molecule has 1 aromatic heterocycles. The Morgan fingerprint density at radius 2 is 2.25 bits per heavy atom. The zero-order chi connectivity index (χ0) is 10.5. The standard InChI is InChI=1S/C13H14N2O/c1-4-16-13-7-10-5-11-8-14-2-3-15(11)12(10)6-9(1)13/h5-7,14H,1-4,8H2. The van der Waals surface area contributed by atoms with Crippen LogP contribution in [0, 0.1) is 0 Å². The van der Waals surface area contributed by atoms with Gasteiger partial charge in [0.2, 0.25) is 0 Å². The van der Waals surface area contributed by atoms with Crippen molar-refractivity contribution in [1.82, 2.24) is 9.88 Å². The quantitative estimate of drug-likeness (QED) is 0.722. The van der Waals surface area contributed by atoms with Crippen LogP contribution in [0.15, 0.2) is 18.2 Å². The smallest absolute Gasteiger partial charge is 0.123 e. The predicted octanol–water partition coefficient (Wildman–Crippen LogP) is 1.68. The van der Waals surface area contributed by atoms with Gasteiger partial charge in [-0.15, -0.1) is 0 Å². The van der Waals surface area contributed by atoms with Crippen LogP contribution < -0.4 is 10.1 Å². The van der Waals surface area contributed by atoms with Crippen molar-refractivity contribution in [3.8, 4) is 5.75 Å². The third-order valence-electron chi connectivity index (χ3n) is 3.62. The Balaban J connectivity index is 2.02. The Labute approximate surface area is 94.0 Å². The van der Waals surface area contributed by atoms with Crippen molar-refractivity contribution in [2.45, 2.75) is 19.5 Å². The van der Waals surface area contributed by atoms with E-state index < -0.39 is 0 Å². The van der Waals surface area contributed by atoms with Crippen LogP contribution in [0.5, 0.6) is 5.75 Å². The molecule has 0 fully saturated rings. The van der Waals surface area contributed by atoms with E-state index in [-0.39, 0.29) is 0 Å². The zero-order valence-electron chi connectivity index (χ0n) is 9.12. The van der Waals surface area contributed by atoms with Crippen molar-refractivity contribution < 1.29 is 4.74 Å². The number of nitrogens with one attached hydrogen (secondary N) is 1. The Morgan fingerprint density at radius 3 is 3.25 bits per heavy atom. The van der Waals surface area contributed by atoms with Crippen LogP contribution in [0.25, 0.3) is 10.9 Å². The van der Waals surface area contributed by atoms with Crippen molar-refractivity contribution in [2.75, 3.05) is 13.2 Å². The van der Waals surface area contributed by atoms with Gasteiger partial charge in [-0.25, -0.2) is 0 Å². The first kappa shape index (κ1) is 8.65. The van der Waals surface area contributed by atoms with Gasteiger partial charge >= 0.3 is 0 Å². The molecule has 16 heavy (non-hydrogen) atoms. The highest BCUT2D eigenvalue weighted by Crippen LogP contribution is 2.32. The average Bonchev–Trinajstić information content (AvgIpc) is 2.88. The lowest BCUT2D eigenvalue weighted by Gasteiger charge is -2.17. The maximum Gasteiger partial charge on any atom is 0.123 e. The number of aromatic nitrogens is 1. The first-order valence-corrected chi connectivity index (χ1v) is 5.90. The molecular weight excluding hydrogens is 200 g/mol. The van der Waals surface area contributed by atoms with Gasteiger partial charge < -0.3 is 14.6 Å². The minimum Gasteiger partial charge on any atom is -0.493 e. The van der Waals surface area contributed by atoms with Crippen molar-refractivity contribution in [2.24, 2.45) is 0 Å². The van der Waals surface area contributed by atoms with Crippen LogP contribution in [0.1, 0.15) is 11.3 Å². The SMILES string of the molecule is c1c2c(cc3c1cc1n3CCNC1)CCO2. The average molecular weight is 214 g/mol. The van der Waals surface area contributed by atoms with E-state index in [4.69, 9.17) is 4.74 Å². The molecule has 0 atom stereocenters. The summed E-state index contributed by atoms with van der Waals surface area (Å²) in [4.78, 5) is 0. The van der Waals surface area contributed by atoms with E-state index in [0.29, 0.717) is 0 Å². The molecule has 0 aliphatic carbocycles. The number of ether oxygens (including phenoxy) is 1. The number of benzene rings is 1. The molecule has 0 unspecified atom stereocenters. The van der Waals surface area contributed by atoms with Crippen LogP contribution in [0.4, 0.5) is 0 Å². The second kappa shape index (κ2) is 3.01. The van der Waals surface area contributed by atoms with E-state index in [1.807, 2.05) is 0 Å². The van der Waals surface area contributed by atoms with Gasteiger partial charge in [0.05, 0.1) is 6.61 Å². The van der Waals surface area contributed by atoms with Crippen molar-refractivity contribution in [1.29, 1.82) is 0 Å². The number of hydrogen-bond donors (Lipinski definition) is 1. The Kier molecular flexibility index (Phi) is 1.63. The third-order valence-corrected chi connectivity index (χ3v) is 3.62. The number of rotatable bonds is 0. The third kappa shape index (κ3) is 1.06. The zero-order valence-corrected chi connectivity index (χ0v) is 9.12. The number of hydrogen-bond acceptors (Lipinski definition) is 2. The second-order valence-electron chi connectivity index (χ2n) is 4.58. The lowest BCUT2D eigenvalue weighted by Crippen LogP contribution is -2.27. The molecule has 82 valence electrons. The molecule has 1 N–H and O–H groups in total. The molecule has 2 aromatic rings. The summed E-state index contributed by atoms with van der Waals surface area (Å²) in [6, 6.07) is 6.79. The monoisotopic (exact) mass is 214 g/mol. The van der Waals surface area contributed by atoms with Gasteiger partial charge in [-0.05, 0) is 23.8 Å². The lowest BCUT2D eigenvalue weighted by molar-refractivity contribution is 0.357. The topological polar surface area (TPSA) is 26.2 Å². The lowest BCUT2D eigenvalue weighted by atomic mass is 10.1. The van der Waals surface area contributed by atoms with Crippen LogP contribution in [0.2, 0.25) is 0 Å². The Morgan fingerprint density at radius 1 is 1.25 bits per heavy atom. The molecular formula is C13H14N2O. The molecule has 1 aromatic carbocycles.